The van der Waals surface area contributed by atoms with Crippen molar-refractivity contribution in [2.45, 2.75) is 20.5 Å². The Kier molecular flexibility index (Phi) is 7.59. The number of benzene rings is 1. The second-order valence-electron chi connectivity index (χ2n) is 5.29. The second-order valence-corrected chi connectivity index (χ2v) is 6.54. The molecule has 27 heavy (non-hydrogen) atoms. The van der Waals surface area contributed by atoms with E-state index < -0.39 is 11.9 Å². The van der Waals surface area contributed by atoms with Crippen LogP contribution in [0, 0.1) is 0 Å². The minimum atomic E-state index is -0.541. The molecule has 9 heteroatoms. The van der Waals surface area contributed by atoms with Crippen LogP contribution in [-0.4, -0.2) is 18.5 Å². The molecule has 144 valence electrons. The fraction of sp³-hybridized carbons (Fsp3) is 0.222. The lowest BCUT2D eigenvalue weighted by atomic mass is 10.3. The van der Waals surface area contributed by atoms with E-state index in [1.165, 1.54) is 24.3 Å². The van der Waals surface area contributed by atoms with Gasteiger partial charge in [-0.1, -0.05) is 34.8 Å². The van der Waals surface area contributed by atoms with Crippen LogP contribution >= 0.6 is 34.8 Å². The molecule has 2 aromatic rings. The number of rotatable bonds is 7. The summed E-state index contributed by atoms with van der Waals surface area (Å²) in [6.07, 6.45) is 1.18. The van der Waals surface area contributed by atoms with Crippen LogP contribution in [0.4, 0.5) is 0 Å². The van der Waals surface area contributed by atoms with E-state index in [1.807, 2.05) is 0 Å². The number of allylic oxidation sites excluding steroid dienone is 1. The van der Waals surface area contributed by atoms with Crippen LogP contribution in [0.1, 0.15) is 30.2 Å². The average Bonchev–Trinajstić information content (AvgIpc) is 3.02. The number of esters is 1. The number of hydrogen-bond acceptors (Lipinski definition) is 5. The molecule has 0 saturated heterocycles. The molecular formula is C18H16Cl3NO5. The van der Waals surface area contributed by atoms with Gasteiger partial charge in [-0.2, -0.15) is 0 Å². The summed E-state index contributed by atoms with van der Waals surface area (Å²) in [7, 11) is 0. The molecule has 1 amide bonds. The lowest BCUT2D eigenvalue weighted by Crippen LogP contribution is -2.21. The van der Waals surface area contributed by atoms with E-state index in [2.05, 4.69) is 5.32 Å². The van der Waals surface area contributed by atoms with Crippen molar-refractivity contribution in [3.63, 3.8) is 0 Å². The normalized spacial score (nSPS) is 11.2. The van der Waals surface area contributed by atoms with Gasteiger partial charge >= 0.3 is 5.97 Å². The van der Waals surface area contributed by atoms with Gasteiger partial charge in [0.15, 0.2) is 11.5 Å². The number of nitrogens with one attached hydrogen (secondary N) is 1. The molecule has 0 aliphatic heterocycles. The van der Waals surface area contributed by atoms with Crippen molar-refractivity contribution in [3.05, 3.63) is 62.6 Å². The van der Waals surface area contributed by atoms with Crippen LogP contribution in [0.25, 0.3) is 0 Å². The summed E-state index contributed by atoms with van der Waals surface area (Å²) in [5.74, 6) is -0.353. The molecule has 6 nitrogen and oxygen atoms in total. The third-order valence-corrected chi connectivity index (χ3v) is 3.92. The Balaban J connectivity index is 1.98. The van der Waals surface area contributed by atoms with Gasteiger partial charge in [0.05, 0.1) is 16.7 Å². The molecule has 0 spiro atoms. The van der Waals surface area contributed by atoms with Gasteiger partial charge in [0, 0.05) is 16.8 Å². The van der Waals surface area contributed by atoms with E-state index in [1.54, 1.807) is 19.9 Å². The SMILES string of the molecule is CCOC(=O)/C=C(\C)NC(=O)c1ccc(COc2c(Cl)cc(Cl)cc2Cl)o1. The molecule has 0 saturated carbocycles. The first kappa shape index (κ1) is 21.2. The van der Waals surface area contributed by atoms with Crippen LogP contribution in [0.2, 0.25) is 15.1 Å². The summed E-state index contributed by atoms with van der Waals surface area (Å²) in [6, 6.07) is 6.07. The van der Waals surface area contributed by atoms with Gasteiger partial charge in [-0.05, 0) is 38.1 Å². The van der Waals surface area contributed by atoms with Crippen LogP contribution in [0.5, 0.6) is 5.75 Å². The zero-order valence-corrected chi connectivity index (χ0v) is 16.7. The van der Waals surface area contributed by atoms with Crippen molar-refractivity contribution in [1.82, 2.24) is 5.32 Å². The third kappa shape index (κ3) is 6.20. The summed E-state index contributed by atoms with van der Waals surface area (Å²) >= 11 is 17.9. The predicted molar refractivity (Wildman–Crippen MR) is 102 cm³/mol. The highest BCUT2D eigenvalue weighted by Crippen LogP contribution is 2.36. The molecule has 2 rings (SSSR count). The standard InChI is InChI=1S/C18H16Cl3NO5/c1-3-25-16(23)6-10(2)22-18(24)15-5-4-12(27-15)9-26-17-13(20)7-11(19)8-14(17)21/h4-8H,3,9H2,1-2H3,(H,22,24)/b10-6+. The number of hydrogen-bond donors (Lipinski definition) is 1. The van der Waals surface area contributed by atoms with Gasteiger partial charge in [0.2, 0.25) is 0 Å². The smallest absolute Gasteiger partial charge is 0.332 e. The van der Waals surface area contributed by atoms with Crippen LogP contribution in [0.15, 0.2) is 40.5 Å². The highest BCUT2D eigenvalue weighted by atomic mass is 35.5. The molecule has 1 heterocycles. The summed E-state index contributed by atoms with van der Waals surface area (Å²) in [5, 5.41) is 3.44. The molecule has 1 aromatic carbocycles. The number of amides is 1. The van der Waals surface area contributed by atoms with Crippen molar-refractivity contribution < 1.29 is 23.5 Å². The Morgan fingerprint density at radius 2 is 1.85 bits per heavy atom. The zero-order valence-electron chi connectivity index (χ0n) is 14.5. The van der Waals surface area contributed by atoms with Gasteiger partial charge in [0.1, 0.15) is 12.4 Å². The highest BCUT2D eigenvalue weighted by Gasteiger charge is 2.14. The number of carbonyl (C=O) groups is 2. The molecule has 0 unspecified atom stereocenters. The van der Waals surface area contributed by atoms with E-state index in [4.69, 9.17) is 48.7 Å². The third-order valence-electron chi connectivity index (χ3n) is 3.14. The Morgan fingerprint density at radius 1 is 1.19 bits per heavy atom. The molecule has 0 aliphatic rings. The first-order valence-corrected chi connectivity index (χ1v) is 8.96. The van der Waals surface area contributed by atoms with Gasteiger partial charge in [-0.3, -0.25) is 4.79 Å². The number of furan rings is 1. The Hall–Kier alpha value is -2.15. The number of carbonyl (C=O) groups excluding carboxylic acids is 2. The topological polar surface area (TPSA) is 77.8 Å². The monoisotopic (exact) mass is 431 g/mol. The first-order chi connectivity index (χ1) is 12.8. The molecule has 0 atom stereocenters. The minimum Gasteiger partial charge on any atom is -0.483 e. The fourth-order valence-electron chi connectivity index (χ4n) is 2.03. The average molecular weight is 433 g/mol. The minimum absolute atomic E-state index is 0.00595. The maximum Gasteiger partial charge on any atom is 0.332 e. The number of ether oxygens (including phenoxy) is 2. The van der Waals surface area contributed by atoms with Crippen molar-refractivity contribution in [3.8, 4) is 5.75 Å². The lowest BCUT2D eigenvalue weighted by molar-refractivity contribution is -0.137. The van der Waals surface area contributed by atoms with Gasteiger partial charge in [-0.25, -0.2) is 4.79 Å². The lowest BCUT2D eigenvalue weighted by Gasteiger charge is -2.09. The summed E-state index contributed by atoms with van der Waals surface area (Å²) in [4.78, 5) is 23.5. The zero-order chi connectivity index (χ0) is 20.0. The van der Waals surface area contributed by atoms with E-state index in [0.717, 1.165) is 0 Å². The maximum atomic E-state index is 12.1. The summed E-state index contributed by atoms with van der Waals surface area (Å²) in [6.45, 7) is 3.51. The van der Waals surface area contributed by atoms with Gasteiger partial charge in [-0.15, -0.1) is 0 Å². The molecule has 1 N–H and O–H groups in total. The molecule has 1 aromatic heterocycles. The van der Waals surface area contributed by atoms with E-state index in [-0.39, 0.29) is 34.8 Å². The predicted octanol–water partition coefficient (Wildman–Crippen LogP) is 5.02. The quantitative estimate of drug-likeness (QED) is 0.491. The molecule has 0 bridgehead atoms. The first-order valence-electron chi connectivity index (χ1n) is 7.82. The second kappa shape index (κ2) is 9.69. The molecule has 0 fully saturated rings. The summed E-state index contributed by atoms with van der Waals surface area (Å²) < 4.78 is 15.7. The van der Waals surface area contributed by atoms with Crippen LogP contribution < -0.4 is 10.1 Å². The molecular weight excluding hydrogens is 417 g/mol. The van der Waals surface area contributed by atoms with E-state index in [9.17, 15) is 9.59 Å². The Labute approximate surface area is 171 Å². The largest absolute Gasteiger partial charge is 0.483 e. The highest BCUT2D eigenvalue weighted by molar-refractivity contribution is 6.40. The molecule has 0 aliphatic carbocycles. The van der Waals surface area contributed by atoms with Crippen LogP contribution in [-0.2, 0) is 16.1 Å². The van der Waals surface area contributed by atoms with Crippen LogP contribution in [0.3, 0.4) is 0 Å². The molecule has 0 radical (unpaired) electrons. The van der Waals surface area contributed by atoms with Gasteiger partial charge < -0.3 is 19.2 Å². The summed E-state index contributed by atoms with van der Waals surface area (Å²) in [5.41, 5.74) is 0.326. The van der Waals surface area contributed by atoms with Crippen molar-refractivity contribution in [1.29, 1.82) is 0 Å². The Bertz CT molecular complexity index is 853. The van der Waals surface area contributed by atoms with Crippen molar-refractivity contribution in [2.24, 2.45) is 0 Å². The maximum absolute atomic E-state index is 12.1. The van der Waals surface area contributed by atoms with Crippen molar-refractivity contribution >= 4 is 46.7 Å². The fourth-order valence-corrected chi connectivity index (χ4v) is 2.95. The Morgan fingerprint density at radius 3 is 2.48 bits per heavy atom. The van der Waals surface area contributed by atoms with E-state index >= 15 is 0 Å². The number of halogens is 3. The van der Waals surface area contributed by atoms with Crippen molar-refractivity contribution in [2.75, 3.05) is 6.61 Å². The van der Waals surface area contributed by atoms with Gasteiger partial charge in [0.25, 0.3) is 5.91 Å². The van der Waals surface area contributed by atoms with E-state index in [0.29, 0.717) is 16.5 Å².